The van der Waals surface area contributed by atoms with Crippen LogP contribution in [-0.4, -0.2) is 83.5 Å². The maximum atomic E-state index is 12.5. The third-order valence-corrected chi connectivity index (χ3v) is 11.0. The Kier molecular flexibility index (Phi) is 6.57. The van der Waals surface area contributed by atoms with Crippen molar-refractivity contribution in [2.45, 2.75) is 4.90 Å². The van der Waals surface area contributed by atoms with Gasteiger partial charge < -0.3 is 15.6 Å². The zero-order valence-corrected chi connectivity index (χ0v) is 19.9. The second-order valence-electron chi connectivity index (χ2n) is 7.99. The molecular formula is C22H27N5O4S2. The highest BCUT2D eigenvalue weighted by molar-refractivity contribution is 8.67. The number of para-hydroxylation sites is 1. The molecular weight excluding hydrogens is 462 g/mol. The standard InChI is InChI=1S/C22H27N5O4S2/c1-26-11-13-27(14-12-26)24-16-20-19-4-2-3-5-21(19)25-22(20)17-6-8-18(9-7-17)33(30,31)32(28,29)15-10-23/h2-9,16,25H,10-15,23H2,1H3. The van der Waals surface area contributed by atoms with Crippen molar-refractivity contribution in [3.8, 4) is 11.3 Å². The Balaban J connectivity index is 1.71. The van der Waals surface area contributed by atoms with Gasteiger partial charge in [0.1, 0.15) is 0 Å². The summed E-state index contributed by atoms with van der Waals surface area (Å²) >= 11 is 0. The van der Waals surface area contributed by atoms with E-state index in [1.807, 2.05) is 35.5 Å². The molecule has 2 heterocycles. The number of aromatic amines is 1. The number of rotatable bonds is 7. The minimum Gasteiger partial charge on any atom is -0.354 e. The molecule has 3 aromatic rings. The molecule has 9 nitrogen and oxygen atoms in total. The zero-order valence-electron chi connectivity index (χ0n) is 18.3. The van der Waals surface area contributed by atoms with E-state index in [1.54, 1.807) is 12.1 Å². The molecule has 1 aromatic heterocycles. The van der Waals surface area contributed by atoms with Crippen LogP contribution in [-0.2, 0) is 17.7 Å². The molecule has 0 bridgehead atoms. The molecule has 176 valence electrons. The molecule has 1 aliphatic rings. The van der Waals surface area contributed by atoms with Crippen molar-refractivity contribution < 1.29 is 16.8 Å². The summed E-state index contributed by atoms with van der Waals surface area (Å²) in [6.07, 6.45) is 1.83. The van der Waals surface area contributed by atoms with Gasteiger partial charge in [0, 0.05) is 49.2 Å². The molecule has 1 saturated heterocycles. The third-order valence-electron chi connectivity index (χ3n) is 5.71. The van der Waals surface area contributed by atoms with E-state index in [0.29, 0.717) is 0 Å². The first kappa shape index (κ1) is 23.4. The Labute approximate surface area is 193 Å². The summed E-state index contributed by atoms with van der Waals surface area (Å²) in [7, 11) is -6.82. The number of H-pyrrole nitrogens is 1. The van der Waals surface area contributed by atoms with Gasteiger partial charge in [-0.25, -0.2) is 16.8 Å². The average Bonchev–Trinajstić information content (AvgIpc) is 3.17. The summed E-state index contributed by atoms with van der Waals surface area (Å²) in [5.74, 6) is -0.619. The van der Waals surface area contributed by atoms with E-state index in [2.05, 4.69) is 22.0 Å². The van der Waals surface area contributed by atoms with Crippen LogP contribution >= 0.6 is 0 Å². The highest BCUT2D eigenvalue weighted by Gasteiger charge is 2.31. The predicted octanol–water partition coefficient (Wildman–Crippen LogP) is 1.48. The van der Waals surface area contributed by atoms with Gasteiger partial charge in [-0.1, -0.05) is 30.3 Å². The van der Waals surface area contributed by atoms with Gasteiger partial charge in [0.05, 0.1) is 22.6 Å². The number of aromatic nitrogens is 1. The van der Waals surface area contributed by atoms with E-state index in [1.165, 1.54) is 12.1 Å². The fraction of sp³-hybridized carbons (Fsp3) is 0.318. The molecule has 33 heavy (non-hydrogen) atoms. The molecule has 0 radical (unpaired) electrons. The van der Waals surface area contributed by atoms with Crippen molar-refractivity contribution in [3.05, 3.63) is 54.1 Å². The lowest BCUT2D eigenvalue weighted by atomic mass is 10.1. The zero-order chi connectivity index (χ0) is 23.6. The molecule has 0 atom stereocenters. The van der Waals surface area contributed by atoms with E-state index >= 15 is 0 Å². The van der Waals surface area contributed by atoms with Crippen LogP contribution in [0.2, 0.25) is 0 Å². The second kappa shape index (κ2) is 9.26. The van der Waals surface area contributed by atoms with Gasteiger partial charge >= 0.3 is 0 Å². The first-order valence-corrected chi connectivity index (χ1v) is 14.2. The molecule has 3 N–H and O–H groups in total. The summed E-state index contributed by atoms with van der Waals surface area (Å²) in [5.41, 5.74) is 8.58. The average molecular weight is 490 g/mol. The maximum absolute atomic E-state index is 12.5. The quantitative estimate of drug-likeness (QED) is 0.380. The number of fused-ring (bicyclic) bond motifs is 1. The predicted molar refractivity (Wildman–Crippen MR) is 130 cm³/mol. The van der Waals surface area contributed by atoms with Gasteiger partial charge in [0.15, 0.2) is 0 Å². The molecule has 2 aromatic carbocycles. The molecule has 0 saturated carbocycles. The number of nitrogens with one attached hydrogen (secondary N) is 1. The lowest BCUT2D eigenvalue weighted by molar-refractivity contribution is 0.159. The van der Waals surface area contributed by atoms with Crippen LogP contribution in [0.4, 0.5) is 0 Å². The molecule has 1 fully saturated rings. The van der Waals surface area contributed by atoms with Gasteiger partial charge in [-0.05, 0) is 30.8 Å². The lowest BCUT2D eigenvalue weighted by Crippen LogP contribution is -2.41. The summed E-state index contributed by atoms with van der Waals surface area (Å²) < 4.78 is 49.3. The molecule has 0 aliphatic carbocycles. The Morgan fingerprint density at radius 1 is 1.00 bits per heavy atom. The van der Waals surface area contributed by atoms with E-state index in [9.17, 15) is 16.8 Å². The van der Waals surface area contributed by atoms with E-state index in [4.69, 9.17) is 5.73 Å². The fourth-order valence-corrected chi connectivity index (χ4v) is 7.20. The number of likely N-dealkylation sites (N-methyl/N-ethyl adjacent to an activating group) is 1. The van der Waals surface area contributed by atoms with Crippen LogP contribution in [0.3, 0.4) is 0 Å². The molecule has 11 heteroatoms. The summed E-state index contributed by atoms with van der Waals surface area (Å²) in [5, 5.41) is 7.71. The molecule has 4 rings (SSSR count). The molecule has 0 spiro atoms. The number of hydrazone groups is 1. The minimum absolute atomic E-state index is 0.259. The van der Waals surface area contributed by atoms with Crippen molar-refractivity contribution in [1.29, 1.82) is 0 Å². The smallest absolute Gasteiger partial charge is 0.282 e. The Bertz CT molecular complexity index is 1370. The van der Waals surface area contributed by atoms with Gasteiger partial charge in [-0.3, -0.25) is 5.01 Å². The van der Waals surface area contributed by atoms with Gasteiger partial charge in [0.25, 0.3) is 17.7 Å². The molecule has 1 aliphatic heterocycles. The van der Waals surface area contributed by atoms with Gasteiger partial charge in [-0.2, -0.15) is 5.10 Å². The van der Waals surface area contributed by atoms with Crippen LogP contribution < -0.4 is 5.73 Å². The number of benzene rings is 2. The normalized spacial score (nSPS) is 16.1. The number of hydrogen-bond acceptors (Lipinski definition) is 8. The largest absolute Gasteiger partial charge is 0.354 e. The Hall–Kier alpha value is -2.73. The summed E-state index contributed by atoms with van der Waals surface area (Å²) in [6, 6.07) is 13.7. The van der Waals surface area contributed by atoms with Crippen molar-refractivity contribution in [1.82, 2.24) is 14.9 Å². The first-order chi connectivity index (χ1) is 15.7. The topological polar surface area (TPSA) is 129 Å². The SMILES string of the molecule is CN1CCN(N=Cc2c(-c3ccc(S(=O)(=O)S(=O)(=O)CCN)cc3)[nH]c3ccccc23)CC1. The van der Waals surface area contributed by atoms with Crippen molar-refractivity contribution >= 4 is 34.9 Å². The van der Waals surface area contributed by atoms with Crippen LogP contribution in [0.1, 0.15) is 5.56 Å². The number of nitrogens with two attached hydrogens (primary N) is 1. The summed E-state index contributed by atoms with van der Waals surface area (Å²) in [6.45, 7) is 3.32. The van der Waals surface area contributed by atoms with Crippen molar-refractivity contribution in [2.75, 3.05) is 45.5 Å². The first-order valence-electron chi connectivity index (χ1n) is 10.6. The van der Waals surface area contributed by atoms with Crippen molar-refractivity contribution in [2.24, 2.45) is 10.8 Å². The third kappa shape index (κ3) is 4.67. The number of hydrogen-bond donors (Lipinski definition) is 2. The van der Waals surface area contributed by atoms with Crippen LogP contribution in [0, 0.1) is 0 Å². The highest BCUT2D eigenvalue weighted by Crippen LogP contribution is 2.30. The van der Waals surface area contributed by atoms with Crippen LogP contribution in [0.15, 0.2) is 58.5 Å². The maximum Gasteiger partial charge on any atom is 0.282 e. The van der Waals surface area contributed by atoms with Crippen molar-refractivity contribution in [3.63, 3.8) is 0 Å². The van der Waals surface area contributed by atoms with Gasteiger partial charge in [-0.15, -0.1) is 0 Å². The molecule has 0 unspecified atom stereocenters. The second-order valence-corrected chi connectivity index (χ2v) is 13.7. The number of piperazine rings is 1. The van der Waals surface area contributed by atoms with Crippen LogP contribution in [0.25, 0.3) is 22.2 Å². The van der Waals surface area contributed by atoms with Gasteiger partial charge in [0.2, 0.25) is 0 Å². The van der Waals surface area contributed by atoms with Crippen LogP contribution in [0.5, 0.6) is 0 Å². The highest BCUT2D eigenvalue weighted by atomic mass is 33.2. The monoisotopic (exact) mass is 489 g/mol. The Morgan fingerprint density at radius 3 is 2.33 bits per heavy atom. The Morgan fingerprint density at radius 2 is 1.67 bits per heavy atom. The minimum atomic E-state index is -4.52. The van der Waals surface area contributed by atoms with E-state index in [0.717, 1.165) is 53.9 Å². The lowest BCUT2D eigenvalue weighted by Gasteiger charge is -2.30. The fourth-order valence-electron chi connectivity index (χ4n) is 3.77. The summed E-state index contributed by atoms with van der Waals surface area (Å²) in [4.78, 5) is 5.36. The van der Waals surface area contributed by atoms with E-state index in [-0.39, 0.29) is 11.4 Å². The molecule has 0 amide bonds. The number of nitrogens with zero attached hydrogens (tertiary/aromatic N) is 3. The van der Waals surface area contributed by atoms with E-state index < -0.39 is 23.5 Å².